The van der Waals surface area contributed by atoms with Gasteiger partial charge in [0.2, 0.25) is 5.91 Å². The van der Waals surface area contributed by atoms with Crippen molar-refractivity contribution in [3.8, 4) is 0 Å². The highest BCUT2D eigenvalue weighted by Gasteiger charge is 2.42. The molecule has 3 N–H and O–H groups in total. The maximum Gasteiger partial charge on any atom is 0.317 e. The SMILES string of the molecule is CN1Cc2nc(C(=O)N[C@@H]3C[C@@H](C(=O)N(C)C)CC[C@@H]3N(C(=O)C(N)=O)c3ccc(Cl)cn3)sc2C1. The molecule has 3 heterocycles. The number of fused-ring (bicyclic) bond motifs is 1. The zero-order chi connectivity index (χ0) is 26.1. The monoisotopic (exact) mass is 533 g/mol. The number of anilines is 1. The molecular weight excluding hydrogens is 506 g/mol. The first-order valence-corrected chi connectivity index (χ1v) is 12.7. The maximum absolute atomic E-state index is 13.3. The van der Waals surface area contributed by atoms with Crippen molar-refractivity contribution in [2.45, 2.75) is 44.4 Å². The van der Waals surface area contributed by atoms with Crippen molar-refractivity contribution in [1.29, 1.82) is 0 Å². The average molecular weight is 534 g/mol. The van der Waals surface area contributed by atoms with Gasteiger partial charge in [0.1, 0.15) is 5.82 Å². The number of primary amides is 1. The summed E-state index contributed by atoms with van der Waals surface area (Å²) in [4.78, 5) is 65.5. The molecule has 2 aromatic heterocycles. The van der Waals surface area contributed by atoms with E-state index in [0.29, 0.717) is 29.4 Å². The van der Waals surface area contributed by atoms with Crippen molar-refractivity contribution in [2.75, 3.05) is 26.0 Å². The zero-order valence-electron chi connectivity index (χ0n) is 20.2. The van der Waals surface area contributed by atoms with Gasteiger partial charge < -0.3 is 16.0 Å². The van der Waals surface area contributed by atoms with Crippen LogP contribution in [0.15, 0.2) is 18.3 Å². The van der Waals surface area contributed by atoms with Gasteiger partial charge in [0, 0.05) is 44.2 Å². The second-order valence-electron chi connectivity index (χ2n) is 9.33. The summed E-state index contributed by atoms with van der Waals surface area (Å²) in [6, 6.07) is 1.75. The minimum Gasteiger partial charge on any atom is -0.361 e. The lowest BCUT2D eigenvalue weighted by Gasteiger charge is -2.41. The van der Waals surface area contributed by atoms with Crippen LogP contribution in [-0.2, 0) is 27.5 Å². The van der Waals surface area contributed by atoms with E-state index in [9.17, 15) is 19.2 Å². The Balaban J connectivity index is 1.65. The average Bonchev–Trinajstić information content (AvgIpc) is 3.38. The Morgan fingerprint density at radius 1 is 1.19 bits per heavy atom. The van der Waals surface area contributed by atoms with Gasteiger partial charge in [-0.2, -0.15) is 0 Å². The minimum absolute atomic E-state index is 0.0682. The van der Waals surface area contributed by atoms with Gasteiger partial charge in [-0.1, -0.05) is 11.6 Å². The Labute approximate surface area is 217 Å². The van der Waals surface area contributed by atoms with Crippen LogP contribution in [-0.4, -0.2) is 76.6 Å². The molecule has 1 fully saturated rings. The zero-order valence-corrected chi connectivity index (χ0v) is 21.8. The third kappa shape index (κ3) is 5.35. The fourth-order valence-corrected chi connectivity index (χ4v) is 5.94. The first-order chi connectivity index (χ1) is 17.0. The van der Waals surface area contributed by atoms with Crippen LogP contribution in [0.4, 0.5) is 5.82 Å². The van der Waals surface area contributed by atoms with E-state index in [1.54, 1.807) is 20.2 Å². The number of nitrogens with two attached hydrogens (primary N) is 1. The summed E-state index contributed by atoms with van der Waals surface area (Å²) < 4.78 is 0. The van der Waals surface area contributed by atoms with Crippen molar-refractivity contribution in [3.63, 3.8) is 0 Å². The number of nitrogens with one attached hydrogen (secondary N) is 1. The predicted octanol–water partition coefficient (Wildman–Crippen LogP) is 1.01. The fourth-order valence-electron chi connectivity index (χ4n) is 4.78. The fraction of sp³-hybridized carbons (Fsp3) is 0.478. The summed E-state index contributed by atoms with van der Waals surface area (Å²) in [7, 11) is 5.34. The number of aromatic nitrogens is 2. The number of hydrogen-bond donors (Lipinski definition) is 2. The smallest absolute Gasteiger partial charge is 0.317 e. The molecule has 1 aliphatic heterocycles. The molecule has 3 atom stereocenters. The third-order valence-electron chi connectivity index (χ3n) is 6.45. The second-order valence-corrected chi connectivity index (χ2v) is 10.8. The molecule has 0 radical (unpaired) electrons. The minimum atomic E-state index is -1.15. The lowest BCUT2D eigenvalue weighted by molar-refractivity contribution is -0.136. The first-order valence-electron chi connectivity index (χ1n) is 11.5. The Morgan fingerprint density at radius 2 is 1.94 bits per heavy atom. The largest absolute Gasteiger partial charge is 0.361 e. The molecule has 0 aromatic carbocycles. The van der Waals surface area contributed by atoms with Crippen molar-refractivity contribution >= 4 is 52.4 Å². The molecule has 4 rings (SSSR count). The molecule has 36 heavy (non-hydrogen) atoms. The van der Waals surface area contributed by atoms with Gasteiger partial charge in [-0.3, -0.25) is 29.0 Å². The number of carbonyl (C=O) groups is 4. The summed E-state index contributed by atoms with van der Waals surface area (Å²) >= 11 is 7.30. The topological polar surface area (TPSA) is 142 Å². The highest BCUT2D eigenvalue weighted by atomic mass is 35.5. The third-order valence-corrected chi connectivity index (χ3v) is 7.75. The number of amides is 4. The summed E-state index contributed by atoms with van der Waals surface area (Å²) in [5.74, 6) is -2.74. The molecular formula is C23H28ClN7O4S. The molecule has 0 unspecified atom stereocenters. The van der Waals surface area contributed by atoms with E-state index >= 15 is 0 Å². The van der Waals surface area contributed by atoms with E-state index in [2.05, 4.69) is 20.2 Å². The van der Waals surface area contributed by atoms with Crippen LogP contribution in [0, 0.1) is 5.92 Å². The van der Waals surface area contributed by atoms with Crippen LogP contribution in [0.2, 0.25) is 5.02 Å². The van der Waals surface area contributed by atoms with E-state index < -0.39 is 23.9 Å². The Bertz CT molecular complexity index is 1160. The predicted molar refractivity (Wildman–Crippen MR) is 134 cm³/mol. The van der Waals surface area contributed by atoms with E-state index in [1.807, 2.05) is 7.05 Å². The van der Waals surface area contributed by atoms with Crippen LogP contribution in [0.25, 0.3) is 0 Å². The number of nitrogens with zero attached hydrogens (tertiary/aromatic N) is 5. The molecule has 13 heteroatoms. The molecule has 2 aliphatic rings. The van der Waals surface area contributed by atoms with Gasteiger partial charge in [0.25, 0.3) is 5.91 Å². The van der Waals surface area contributed by atoms with Gasteiger partial charge in [0.15, 0.2) is 5.01 Å². The van der Waals surface area contributed by atoms with E-state index in [0.717, 1.165) is 17.1 Å². The van der Waals surface area contributed by atoms with Crippen molar-refractivity contribution in [3.05, 3.63) is 38.9 Å². The lowest BCUT2D eigenvalue weighted by atomic mass is 9.80. The Hall–Kier alpha value is -3.09. The normalized spacial score (nSPS) is 21.5. The van der Waals surface area contributed by atoms with Crippen LogP contribution in [0.3, 0.4) is 0 Å². The van der Waals surface area contributed by atoms with E-state index in [-0.39, 0.29) is 30.0 Å². The van der Waals surface area contributed by atoms with Crippen LogP contribution >= 0.6 is 22.9 Å². The van der Waals surface area contributed by atoms with Gasteiger partial charge in [-0.25, -0.2) is 9.97 Å². The molecule has 4 amide bonds. The summed E-state index contributed by atoms with van der Waals surface area (Å²) in [5.41, 5.74) is 6.25. The van der Waals surface area contributed by atoms with Gasteiger partial charge in [0.05, 0.1) is 22.8 Å². The van der Waals surface area contributed by atoms with Crippen LogP contribution < -0.4 is 16.0 Å². The maximum atomic E-state index is 13.3. The van der Waals surface area contributed by atoms with Crippen molar-refractivity contribution in [1.82, 2.24) is 25.1 Å². The van der Waals surface area contributed by atoms with Crippen LogP contribution in [0.5, 0.6) is 0 Å². The highest BCUT2D eigenvalue weighted by molar-refractivity contribution is 7.13. The van der Waals surface area contributed by atoms with Gasteiger partial charge in [-0.15, -0.1) is 11.3 Å². The summed E-state index contributed by atoms with van der Waals surface area (Å²) in [6.07, 6.45) is 2.44. The summed E-state index contributed by atoms with van der Waals surface area (Å²) in [6.45, 7) is 1.41. The number of thiazole rings is 1. The van der Waals surface area contributed by atoms with Crippen LogP contribution in [0.1, 0.15) is 39.6 Å². The molecule has 192 valence electrons. The highest BCUT2D eigenvalue weighted by Crippen LogP contribution is 2.33. The van der Waals surface area contributed by atoms with Crippen molar-refractivity contribution in [2.24, 2.45) is 11.7 Å². The standard InChI is InChI=1S/C23H28ClN7O4S/c1-29(2)22(34)12-4-6-16(31(23(35)19(25)32)18-7-5-13(24)9-26-18)14(8-12)27-20(33)21-28-15-10-30(3)11-17(15)36-21/h5,7,9,12,14,16H,4,6,8,10-11H2,1-3H3,(H2,25,32)(H,27,33)/t12-,14+,16-/m0/s1. The van der Waals surface area contributed by atoms with Gasteiger partial charge >= 0.3 is 11.8 Å². The number of carbonyl (C=O) groups excluding carboxylic acids is 4. The molecule has 0 bridgehead atoms. The molecule has 0 saturated heterocycles. The quantitative estimate of drug-likeness (QED) is 0.546. The molecule has 2 aromatic rings. The number of halogens is 1. The second kappa shape index (κ2) is 10.5. The van der Waals surface area contributed by atoms with Gasteiger partial charge in [-0.05, 0) is 38.4 Å². The Morgan fingerprint density at radius 3 is 2.56 bits per heavy atom. The van der Waals surface area contributed by atoms with Crippen molar-refractivity contribution < 1.29 is 19.2 Å². The number of rotatable bonds is 5. The summed E-state index contributed by atoms with van der Waals surface area (Å²) in [5, 5.41) is 3.67. The molecule has 11 nitrogen and oxygen atoms in total. The molecule has 1 saturated carbocycles. The molecule has 1 aliphatic carbocycles. The van der Waals surface area contributed by atoms with E-state index in [4.69, 9.17) is 17.3 Å². The van der Waals surface area contributed by atoms with E-state index in [1.165, 1.54) is 33.4 Å². The number of pyridine rings is 1. The lowest BCUT2D eigenvalue weighted by Crippen LogP contribution is -2.59. The number of hydrogen-bond acceptors (Lipinski definition) is 8. The molecule has 0 spiro atoms. The Kier molecular flexibility index (Phi) is 7.57. The first kappa shape index (κ1) is 26.0.